The molecule has 0 aliphatic carbocycles. The summed E-state index contributed by atoms with van der Waals surface area (Å²) in [6.07, 6.45) is 7.34. The van der Waals surface area contributed by atoms with Crippen molar-refractivity contribution in [3.63, 3.8) is 0 Å². The summed E-state index contributed by atoms with van der Waals surface area (Å²) in [5, 5.41) is 0. The summed E-state index contributed by atoms with van der Waals surface area (Å²) in [6.45, 7) is 0. The molecule has 20 heavy (non-hydrogen) atoms. The van der Waals surface area contributed by atoms with Crippen LogP contribution in [0.4, 0.5) is 0 Å². The predicted molar refractivity (Wildman–Crippen MR) is 81.9 cm³/mol. The third kappa shape index (κ3) is 2.81. The Hall–Kier alpha value is -2.74. The van der Waals surface area contributed by atoms with Crippen LogP contribution in [0.25, 0.3) is 11.6 Å². The standard InChI is InChI=1S/C18H14N2/c1-3-7-15(8-4-1)13-17(16-9-5-2-6-10-16)18-14-19-11-12-20-18/h1-14H. The molecule has 0 N–H and O–H groups in total. The van der Waals surface area contributed by atoms with E-state index in [1.807, 2.05) is 36.4 Å². The highest BCUT2D eigenvalue weighted by Gasteiger charge is 2.06. The normalized spacial score (nSPS) is 11.3. The minimum atomic E-state index is 0.877. The molecule has 0 saturated heterocycles. The smallest absolute Gasteiger partial charge is 0.0891 e. The molecule has 1 aromatic heterocycles. The fourth-order valence-electron chi connectivity index (χ4n) is 2.08. The van der Waals surface area contributed by atoms with Crippen molar-refractivity contribution in [1.82, 2.24) is 9.97 Å². The molecule has 0 fully saturated rings. The molecule has 0 atom stereocenters. The molecule has 2 aromatic carbocycles. The first-order chi connectivity index (χ1) is 9.93. The molecule has 2 heteroatoms. The highest BCUT2D eigenvalue weighted by Crippen LogP contribution is 2.23. The van der Waals surface area contributed by atoms with Crippen LogP contribution < -0.4 is 0 Å². The number of hydrogen-bond acceptors (Lipinski definition) is 2. The van der Waals surface area contributed by atoms with E-state index in [1.54, 1.807) is 18.6 Å². The zero-order chi connectivity index (χ0) is 13.6. The van der Waals surface area contributed by atoms with Gasteiger partial charge in [0.15, 0.2) is 0 Å². The zero-order valence-electron chi connectivity index (χ0n) is 11.0. The van der Waals surface area contributed by atoms with Gasteiger partial charge in [-0.05, 0) is 17.2 Å². The topological polar surface area (TPSA) is 25.8 Å². The van der Waals surface area contributed by atoms with Crippen molar-refractivity contribution in [3.8, 4) is 0 Å². The van der Waals surface area contributed by atoms with Gasteiger partial charge in [0.2, 0.25) is 0 Å². The molecule has 0 radical (unpaired) electrons. The van der Waals surface area contributed by atoms with Crippen LogP contribution >= 0.6 is 0 Å². The number of aromatic nitrogens is 2. The molecule has 3 aromatic rings. The van der Waals surface area contributed by atoms with Gasteiger partial charge in [0, 0.05) is 18.0 Å². The summed E-state index contributed by atoms with van der Waals surface area (Å²) in [7, 11) is 0. The molecule has 1 heterocycles. The van der Waals surface area contributed by atoms with Crippen molar-refractivity contribution in [2.45, 2.75) is 0 Å². The van der Waals surface area contributed by atoms with Crippen molar-refractivity contribution < 1.29 is 0 Å². The van der Waals surface area contributed by atoms with Gasteiger partial charge in [0.05, 0.1) is 11.9 Å². The maximum Gasteiger partial charge on any atom is 0.0891 e. The van der Waals surface area contributed by atoms with E-state index < -0.39 is 0 Å². The van der Waals surface area contributed by atoms with E-state index in [0.717, 1.165) is 22.4 Å². The van der Waals surface area contributed by atoms with Gasteiger partial charge in [-0.25, -0.2) is 0 Å². The molecule has 0 bridgehead atoms. The first kappa shape index (κ1) is 12.3. The minimum Gasteiger partial charge on any atom is -0.261 e. The Kier molecular flexibility index (Phi) is 3.65. The zero-order valence-corrected chi connectivity index (χ0v) is 11.0. The summed E-state index contributed by atoms with van der Waals surface area (Å²) in [5.41, 5.74) is 4.24. The fourth-order valence-corrected chi connectivity index (χ4v) is 2.08. The third-order valence-corrected chi connectivity index (χ3v) is 3.03. The van der Waals surface area contributed by atoms with E-state index in [0.29, 0.717) is 0 Å². The highest BCUT2D eigenvalue weighted by molar-refractivity contribution is 5.89. The SMILES string of the molecule is C(=C(c1ccccc1)c1cnccn1)c1ccccc1. The van der Waals surface area contributed by atoms with Gasteiger partial charge >= 0.3 is 0 Å². The second-order valence-electron chi connectivity index (χ2n) is 4.43. The van der Waals surface area contributed by atoms with Crippen LogP contribution in [0.2, 0.25) is 0 Å². The van der Waals surface area contributed by atoms with E-state index in [-0.39, 0.29) is 0 Å². The van der Waals surface area contributed by atoms with E-state index in [4.69, 9.17) is 0 Å². The lowest BCUT2D eigenvalue weighted by Crippen LogP contribution is -1.92. The lowest BCUT2D eigenvalue weighted by molar-refractivity contribution is 1.17. The van der Waals surface area contributed by atoms with Gasteiger partial charge < -0.3 is 0 Å². The second-order valence-corrected chi connectivity index (χ2v) is 4.43. The van der Waals surface area contributed by atoms with E-state index in [9.17, 15) is 0 Å². The van der Waals surface area contributed by atoms with Crippen molar-refractivity contribution in [2.24, 2.45) is 0 Å². The Morgan fingerprint density at radius 2 is 1.50 bits per heavy atom. The van der Waals surface area contributed by atoms with Crippen LogP contribution in [0.3, 0.4) is 0 Å². The molecule has 0 amide bonds. The van der Waals surface area contributed by atoms with Gasteiger partial charge in [0.25, 0.3) is 0 Å². The maximum absolute atomic E-state index is 4.42. The van der Waals surface area contributed by atoms with E-state index in [2.05, 4.69) is 40.3 Å². The molecule has 0 unspecified atom stereocenters. The van der Waals surface area contributed by atoms with Gasteiger partial charge in [-0.3, -0.25) is 9.97 Å². The van der Waals surface area contributed by atoms with Crippen LogP contribution in [0.15, 0.2) is 79.3 Å². The summed E-state index contributed by atoms with van der Waals surface area (Å²) in [5.74, 6) is 0. The van der Waals surface area contributed by atoms with Gasteiger partial charge in [-0.15, -0.1) is 0 Å². The average molecular weight is 258 g/mol. The van der Waals surface area contributed by atoms with Crippen LogP contribution in [0.1, 0.15) is 16.8 Å². The van der Waals surface area contributed by atoms with Crippen LogP contribution in [0.5, 0.6) is 0 Å². The van der Waals surface area contributed by atoms with Gasteiger partial charge in [-0.1, -0.05) is 60.7 Å². The summed E-state index contributed by atoms with van der Waals surface area (Å²) in [4.78, 5) is 8.59. The van der Waals surface area contributed by atoms with Gasteiger partial charge in [0.1, 0.15) is 0 Å². The van der Waals surface area contributed by atoms with Crippen LogP contribution in [0, 0.1) is 0 Å². The fraction of sp³-hybridized carbons (Fsp3) is 0. The molecule has 0 aliphatic heterocycles. The van der Waals surface area contributed by atoms with E-state index in [1.165, 1.54) is 0 Å². The first-order valence-corrected chi connectivity index (χ1v) is 6.52. The van der Waals surface area contributed by atoms with E-state index >= 15 is 0 Å². The number of nitrogens with zero attached hydrogens (tertiary/aromatic N) is 2. The van der Waals surface area contributed by atoms with Crippen molar-refractivity contribution in [1.29, 1.82) is 0 Å². The average Bonchev–Trinajstić information content (AvgIpc) is 2.55. The Morgan fingerprint density at radius 1 is 0.800 bits per heavy atom. The minimum absolute atomic E-state index is 0.877. The Balaban J connectivity index is 2.12. The quantitative estimate of drug-likeness (QED) is 0.662. The van der Waals surface area contributed by atoms with Crippen LogP contribution in [-0.2, 0) is 0 Å². The largest absolute Gasteiger partial charge is 0.261 e. The third-order valence-electron chi connectivity index (χ3n) is 3.03. The molecule has 96 valence electrons. The maximum atomic E-state index is 4.42. The predicted octanol–water partition coefficient (Wildman–Crippen LogP) is 4.07. The first-order valence-electron chi connectivity index (χ1n) is 6.52. The molecular weight excluding hydrogens is 244 g/mol. The molecule has 2 nitrogen and oxygen atoms in total. The lowest BCUT2D eigenvalue weighted by Gasteiger charge is -2.07. The Bertz CT molecular complexity index is 648. The molecular formula is C18H14N2. The molecule has 3 rings (SSSR count). The Morgan fingerprint density at radius 3 is 2.15 bits per heavy atom. The number of benzene rings is 2. The molecule has 0 saturated carbocycles. The number of hydrogen-bond donors (Lipinski definition) is 0. The summed E-state index contributed by atoms with van der Waals surface area (Å²) < 4.78 is 0. The molecule has 0 aliphatic rings. The summed E-state index contributed by atoms with van der Waals surface area (Å²) >= 11 is 0. The number of rotatable bonds is 3. The van der Waals surface area contributed by atoms with Crippen molar-refractivity contribution in [2.75, 3.05) is 0 Å². The van der Waals surface area contributed by atoms with Crippen molar-refractivity contribution >= 4 is 11.6 Å². The lowest BCUT2D eigenvalue weighted by atomic mass is 10.0. The highest BCUT2D eigenvalue weighted by atomic mass is 14.8. The second kappa shape index (κ2) is 5.93. The molecule has 0 spiro atoms. The van der Waals surface area contributed by atoms with Gasteiger partial charge in [-0.2, -0.15) is 0 Å². The van der Waals surface area contributed by atoms with Crippen molar-refractivity contribution in [3.05, 3.63) is 96.1 Å². The Labute approximate surface area is 118 Å². The summed E-state index contributed by atoms with van der Waals surface area (Å²) in [6, 6.07) is 20.5. The monoisotopic (exact) mass is 258 g/mol. The van der Waals surface area contributed by atoms with Crippen LogP contribution in [-0.4, -0.2) is 9.97 Å².